The predicted octanol–water partition coefficient (Wildman–Crippen LogP) is 5.89. The number of benzene rings is 1. The Balaban J connectivity index is 1.44. The van der Waals surface area contributed by atoms with Crippen LogP contribution in [0.1, 0.15) is 92.4 Å². The first-order chi connectivity index (χ1) is 14.2. The van der Waals surface area contributed by atoms with Gasteiger partial charge in [-0.15, -0.1) is 0 Å². The molecule has 0 spiro atoms. The van der Waals surface area contributed by atoms with E-state index in [-0.39, 0.29) is 17.7 Å². The van der Waals surface area contributed by atoms with Crippen LogP contribution in [0.5, 0.6) is 0 Å². The number of unbranched alkanes of at least 4 members (excludes halogenated alkanes) is 7. The minimum atomic E-state index is -0.249. The zero-order valence-electron chi connectivity index (χ0n) is 17.6. The van der Waals surface area contributed by atoms with Crippen LogP contribution in [-0.4, -0.2) is 22.9 Å². The maximum absolute atomic E-state index is 12.8. The Morgan fingerprint density at radius 3 is 2.34 bits per heavy atom. The van der Waals surface area contributed by atoms with Gasteiger partial charge in [-0.05, 0) is 25.0 Å². The van der Waals surface area contributed by atoms with Crippen LogP contribution in [0.25, 0.3) is 0 Å². The Labute approximate surface area is 174 Å². The third kappa shape index (κ3) is 5.59. The van der Waals surface area contributed by atoms with Crippen molar-refractivity contribution in [2.24, 2.45) is 0 Å². The number of carbonyl (C=O) groups is 2. The van der Waals surface area contributed by atoms with E-state index in [0.717, 1.165) is 18.5 Å². The fraction of sp³-hybridized carbons (Fsp3) is 0.520. The molecule has 0 saturated heterocycles. The highest BCUT2D eigenvalue weighted by atomic mass is 16.5. The average Bonchev–Trinajstić information content (AvgIpc) is 3.35. The number of ether oxygens (including phenoxy) is 1. The standard InChI is InChI=1S/C25H33NO3/c1-2-3-4-5-6-7-8-12-19-29-25(28)21-17-18-26-22(21)15-16-23(26)24(27)20-13-10-9-11-14-20/h9-11,13-16,21H,2-8,12,17-19H2,1H3/t21-/m1/s1. The molecule has 3 rings (SSSR count). The quantitative estimate of drug-likeness (QED) is 0.256. The minimum absolute atomic E-state index is 0.00445. The summed E-state index contributed by atoms with van der Waals surface area (Å²) in [6.45, 7) is 3.42. The van der Waals surface area contributed by atoms with E-state index in [1.54, 1.807) is 0 Å². The molecule has 0 saturated carbocycles. The zero-order chi connectivity index (χ0) is 20.5. The lowest BCUT2D eigenvalue weighted by Gasteiger charge is -2.10. The van der Waals surface area contributed by atoms with Crippen LogP contribution in [0.3, 0.4) is 0 Å². The van der Waals surface area contributed by atoms with Crippen molar-refractivity contribution in [2.45, 2.75) is 77.2 Å². The summed E-state index contributed by atoms with van der Waals surface area (Å²) in [6.07, 6.45) is 10.5. The van der Waals surface area contributed by atoms with Crippen molar-refractivity contribution in [1.82, 2.24) is 4.57 Å². The topological polar surface area (TPSA) is 48.3 Å². The number of rotatable bonds is 12. The number of aromatic nitrogens is 1. The van der Waals surface area contributed by atoms with E-state index in [2.05, 4.69) is 6.92 Å². The molecule has 1 aliphatic heterocycles. The summed E-state index contributed by atoms with van der Waals surface area (Å²) >= 11 is 0. The zero-order valence-corrected chi connectivity index (χ0v) is 17.6. The second kappa shape index (κ2) is 11.0. The highest BCUT2D eigenvalue weighted by molar-refractivity contribution is 6.08. The van der Waals surface area contributed by atoms with Crippen LogP contribution < -0.4 is 0 Å². The van der Waals surface area contributed by atoms with Crippen LogP contribution in [0, 0.1) is 0 Å². The van der Waals surface area contributed by atoms with Gasteiger partial charge in [0, 0.05) is 17.8 Å². The molecule has 0 radical (unpaired) electrons. The Hall–Kier alpha value is -2.36. The molecule has 1 aromatic heterocycles. The van der Waals surface area contributed by atoms with E-state index in [9.17, 15) is 9.59 Å². The Morgan fingerprint density at radius 1 is 0.931 bits per heavy atom. The molecule has 1 aromatic carbocycles. The van der Waals surface area contributed by atoms with Crippen molar-refractivity contribution in [1.29, 1.82) is 0 Å². The molecule has 156 valence electrons. The van der Waals surface area contributed by atoms with Gasteiger partial charge in [-0.3, -0.25) is 9.59 Å². The van der Waals surface area contributed by atoms with Gasteiger partial charge in [0.15, 0.2) is 0 Å². The van der Waals surface area contributed by atoms with E-state index < -0.39 is 0 Å². The Morgan fingerprint density at radius 2 is 1.62 bits per heavy atom. The molecule has 0 amide bonds. The molecule has 2 heterocycles. The molecule has 4 nitrogen and oxygen atoms in total. The first-order valence-corrected chi connectivity index (χ1v) is 11.2. The predicted molar refractivity (Wildman–Crippen MR) is 115 cm³/mol. The Bertz CT molecular complexity index is 794. The van der Waals surface area contributed by atoms with Crippen molar-refractivity contribution in [3.05, 3.63) is 59.4 Å². The number of carbonyl (C=O) groups excluding carboxylic acids is 2. The highest BCUT2D eigenvalue weighted by Gasteiger charge is 2.32. The van der Waals surface area contributed by atoms with Gasteiger partial charge in [0.05, 0.1) is 18.2 Å². The average molecular weight is 396 g/mol. The molecule has 29 heavy (non-hydrogen) atoms. The van der Waals surface area contributed by atoms with Crippen molar-refractivity contribution in [3.63, 3.8) is 0 Å². The molecule has 4 heteroatoms. The van der Waals surface area contributed by atoms with Crippen molar-refractivity contribution >= 4 is 11.8 Å². The lowest BCUT2D eigenvalue weighted by molar-refractivity contribution is -0.145. The highest BCUT2D eigenvalue weighted by Crippen LogP contribution is 2.32. The molecule has 0 fully saturated rings. The van der Waals surface area contributed by atoms with Crippen LogP contribution in [0.4, 0.5) is 0 Å². The first kappa shape index (κ1) is 21.4. The van der Waals surface area contributed by atoms with Crippen molar-refractivity contribution in [3.8, 4) is 0 Å². The molecule has 1 atom stereocenters. The van der Waals surface area contributed by atoms with Gasteiger partial charge >= 0.3 is 5.97 Å². The van der Waals surface area contributed by atoms with Gasteiger partial charge in [0.25, 0.3) is 0 Å². The van der Waals surface area contributed by atoms with Crippen LogP contribution >= 0.6 is 0 Å². The fourth-order valence-electron chi connectivity index (χ4n) is 4.13. The third-order valence-electron chi connectivity index (χ3n) is 5.81. The number of nitrogens with zero attached hydrogens (tertiary/aromatic N) is 1. The number of ketones is 1. The second-order valence-corrected chi connectivity index (χ2v) is 7.97. The maximum Gasteiger partial charge on any atom is 0.315 e. The molecule has 1 aliphatic rings. The summed E-state index contributed by atoms with van der Waals surface area (Å²) in [4.78, 5) is 25.3. The van der Waals surface area contributed by atoms with Gasteiger partial charge < -0.3 is 9.30 Å². The van der Waals surface area contributed by atoms with Crippen molar-refractivity contribution in [2.75, 3.05) is 6.61 Å². The SMILES string of the molecule is CCCCCCCCCCOC(=O)[C@@H]1CCn2c(C(=O)c3ccccc3)ccc21. The Kier molecular flexibility index (Phi) is 8.09. The summed E-state index contributed by atoms with van der Waals surface area (Å²) in [5.74, 6) is -0.394. The summed E-state index contributed by atoms with van der Waals surface area (Å²) < 4.78 is 7.53. The van der Waals surface area contributed by atoms with Gasteiger partial charge in [0.1, 0.15) is 0 Å². The number of esters is 1. The number of hydrogen-bond acceptors (Lipinski definition) is 3. The van der Waals surface area contributed by atoms with E-state index >= 15 is 0 Å². The normalized spacial score (nSPS) is 15.3. The number of hydrogen-bond donors (Lipinski definition) is 0. The lowest BCUT2D eigenvalue weighted by Crippen LogP contribution is -2.14. The molecule has 0 unspecified atom stereocenters. The summed E-state index contributed by atoms with van der Waals surface area (Å²) in [6, 6.07) is 13.0. The van der Waals surface area contributed by atoms with E-state index in [4.69, 9.17) is 4.74 Å². The van der Waals surface area contributed by atoms with Gasteiger partial charge in [0.2, 0.25) is 5.78 Å². The molecule has 0 N–H and O–H groups in total. The summed E-state index contributed by atoms with van der Waals surface area (Å²) in [7, 11) is 0. The molecule has 2 aromatic rings. The summed E-state index contributed by atoms with van der Waals surface area (Å²) in [5, 5.41) is 0. The van der Waals surface area contributed by atoms with Crippen LogP contribution in [-0.2, 0) is 16.1 Å². The van der Waals surface area contributed by atoms with Gasteiger partial charge in [-0.2, -0.15) is 0 Å². The maximum atomic E-state index is 12.8. The van der Waals surface area contributed by atoms with E-state index in [1.807, 2.05) is 47.0 Å². The minimum Gasteiger partial charge on any atom is -0.465 e. The monoisotopic (exact) mass is 395 g/mol. The van der Waals surface area contributed by atoms with Crippen LogP contribution in [0.2, 0.25) is 0 Å². The molecular formula is C25H33NO3. The smallest absolute Gasteiger partial charge is 0.315 e. The lowest BCUT2D eigenvalue weighted by atomic mass is 10.1. The third-order valence-corrected chi connectivity index (χ3v) is 5.81. The largest absolute Gasteiger partial charge is 0.465 e. The van der Waals surface area contributed by atoms with Gasteiger partial charge in [-0.25, -0.2) is 0 Å². The molecule has 0 aliphatic carbocycles. The first-order valence-electron chi connectivity index (χ1n) is 11.2. The molecule has 0 bridgehead atoms. The van der Waals surface area contributed by atoms with E-state index in [1.165, 1.54) is 38.5 Å². The van der Waals surface area contributed by atoms with Crippen LogP contribution in [0.15, 0.2) is 42.5 Å². The van der Waals surface area contributed by atoms with Crippen molar-refractivity contribution < 1.29 is 14.3 Å². The number of fused-ring (bicyclic) bond motifs is 1. The van der Waals surface area contributed by atoms with E-state index in [0.29, 0.717) is 30.8 Å². The second-order valence-electron chi connectivity index (χ2n) is 7.97. The molecular weight excluding hydrogens is 362 g/mol. The summed E-state index contributed by atoms with van der Waals surface area (Å²) in [5.41, 5.74) is 2.24. The van der Waals surface area contributed by atoms with Gasteiger partial charge in [-0.1, -0.05) is 82.2 Å². The fourth-order valence-corrected chi connectivity index (χ4v) is 4.13.